The van der Waals surface area contributed by atoms with E-state index in [2.05, 4.69) is 20.8 Å². The van der Waals surface area contributed by atoms with Crippen LogP contribution < -0.4 is 0 Å². The summed E-state index contributed by atoms with van der Waals surface area (Å²) in [7, 11) is 0. The van der Waals surface area contributed by atoms with Crippen molar-refractivity contribution in [1.29, 1.82) is 0 Å². The number of ether oxygens (including phenoxy) is 1. The minimum Gasteiger partial charge on any atom is -0.452 e. The van der Waals surface area contributed by atoms with Gasteiger partial charge in [-0.25, -0.2) is 4.79 Å². The summed E-state index contributed by atoms with van der Waals surface area (Å²) in [4.78, 5) is 26.6. The number of hydrogen-bond acceptors (Lipinski definition) is 3. The first-order valence-corrected chi connectivity index (χ1v) is 8.71. The third-order valence-corrected chi connectivity index (χ3v) is 5.35. The minimum atomic E-state index is -0.433. The number of fused-ring (bicyclic) bond motifs is 2. The summed E-state index contributed by atoms with van der Waals surface area (Å²) < 4.78 is 5.25. The van der Waals surface area contributed by atoms with Gasteiger partial charge < -0.3 is 9.64 Å². The molecule has 1 heterocycles. The van der Waals surface area contributed by atoms with E-state index in [1.807, 2.05) is 24.0 Å². The van der Waals surface area contributed by atoms with Crippen molar-refractivity contribution >= 4 is 11.9 Å². The maximum atomic E-state index is 12.6. The van der Waals surface area contributed by atoms with Gasteiger partial charge in [-0.2, -0.15) is 0 Å². The molecule has 4 heteroatoms. The second kappa shape index (κ2) is 5.91. The zero-order valence-corrected chi connectivity index (χ0v) is 15.1. The third-order valence-electron chi connectivity index (χ3n) is 5.35. The lowest BCUT2D eigenvalue weighted by Crippen LogP contribution is -2.39. The van der Waals surface area contributed by atoms with E-state index in [9.17, 15) is 9.59 Å². The van der Waals surface area contributed by atoms with Crippen LogP contribution in [0.15, 0.2) is 24.3 Å². The van der Waals surface area contributed by atoms with Gasteiger partial charge in [-0.15, -0.1) is 0 Å². The minimum absolute atomic E-state index is 0.0677. The van der Waals surface area contributed by atoms with Crippen molar-refractivity contribution < 1.29 is 14.3 Å². The van der Waals surface area contributed by atoms with Crippen molar-refractivity contribution in [3.63, 3.8) is 0 Å². The molecule has 2 atom stereocenters. The predicted molar refractivity (Wildman–Crippen MR) is 92.7 cm³/mol. The van der Waals surface area contributed by atoms with Gasteiger partial charge in [0.1, 0.15) is 0 Å². The van der Waals surface area contributed by atoms with E-state index in [0.29, 0.717) is 5.56 Å². The molecule has 1 aromatic rings. The van der Waals surface area contributed by atoms with E-state index in [0.717, 1.165) is 31.4 Å². The Hall–Kier alpha value is -1.84. The molecule has 1 aliphatic heterocycles. The number of hydrogen-bond donors (Lipinski definition) is 0. The summed E-state index contributed by atoms with van der Waals surface area (Å²) in [6.07, 6.45) is 3.23. The molecule has 1 aliphatic carbocycles. The average molecular weight is 329 g/mol. The van der Waals surface area contributed by atoms with Gasteiger partial charge in [0, 0.05) is 12.6 Å². The smallest absolute Gasteiger partial charge is 0.338 e. The van der Waals surface area contributed by atoms with Crippen molar-refractivity contribution in [3.05, 3.63) is 35.4 Å². The molecule has 2 fully saturated rings. The fraction of sp³-hybridized carbons (Fsp3) is 0.600. The quantitative estimate of drug-likeness (QED) is 0.796. The van der Waals surface area contributed by atoms with Crippen LogP contribution in [0.5, 0.6) is 0 Å². The van der Waals surface area contributed by atoms with E-state index in [1.165, 1.54) is 0 Å². The number of nitrogens with zero attached hydrogens (tertiary/aromatic N) is 1. The molecule has 0 unspecified atom stereocenters. The molecule has 0 aromatic heterocycles. The fourth-order valence-electron chi connectivity index (χ4n) is 4.73. The first-order chi connectivity index (χ1) is 11.2. The van der Waals surface area contributed by atoms with Gasteiger partial charge in [0.05, 0.1) is 5.56 Å². The zero-order valence-electron chi connectivity index (χ0n) is 15.1. The largest absolute Gasteiger partial charge is 0.452 e. The lowest BCUT2D eigenvalue weighted by Gasteiger charge is -2.39. The number of rotatable bonds is 3. The first kappa shape index (κ1) is 17.0. The van der Waals surface area contributed by atoms with Crippen molar-refractivity contribution in [2.24, 2.45) is 10.8 Å². The fourth-order valence-corrected chi connectivity index (χ4v) is 4.73. The summed E-state index contributed by atoms with van der Waals surface area (Å²) in [6, 6.07) is 7.48. The number of carbonyl (C=O) groups excluding carboxylic acids is 2. The van der Waals surface area contributed by atoms with Gasteiger partial charge in [0.25, 0.3) is 5.91 Å². The van der Waals surface area contributed by atoms with Crippen molar-refractivity contribution in [2.45, 2.75) is 53.0 Å². The van der Waals surface area contributed by atoms with Crippen LogP contribution >= 0.6 is 0 Å². The molecule has 2 bridgehead atoms. The Labute approximate surface area is 144 Å². The number of likely N-dealkylation sites (tertiary alicyclic amines) is 1. The van der Waals surface area contributed by atoms with Gasteiger partial charge in [-0.1, -0.05) is 38.5 Å². The third kappa shape index (κ3) is 3.47. The average Bonchev–Trinajstić information content (AvgIpc) is 2.74. The Bertz CT molecular complexity index is 649. The normalized spacial score (nSPS) is 27.8. The number of benzene rings is 1. The highest BCUT2D eigenvalue weighted by Gasteiger charge is 2.50. The number of carbonyl (C=O) groups is 2. The highest BCUT2D eigenvalue weighted by Crippen LogP contribution is 2.52. The van der Waals surface area contributed by atoms with Gasteiger partial charge in [0.2, 0.25) is 0 Å². The Kier molecular flexibility index (Phi) is 4.18. The van der Waals surface area contributed by atoms with E-state index in [1.54, 1.807) is 12.1 Å². The molecule has 4 nitrogen and oxygen atoms in total. The van der Waals surface area contributed by atoms with Crippen molar-refractivity contribution in [3.8, 4) is 0 Å². The first-order valence-electron chi connectivity index (χ1n) is 8.71. The molecular weight excluding hydrogens is 302 g/mol. The number of amides is 1. The molecule has 1 saturated carbocycles. The van der Waals surface area contributed by atoms with Crippen LogP contribution in [0.4, 0.5) is 0 Å². The summed E-state index contributed by atoms with van der Waals surface area (Å²) in [5.41, 5.74) is 2.04. The monoisotopic (exact) mass is 329 g/mol. The SMILES string of the molecule is Cc1ccc(C(=O)OCC(=O)N2C[C@@]3(C)C[C@@H]2CC(C)(C)C3)cc1. The summed E-state index contributed by atoms with van der Waals surface area (Å²) >= 11 is 0. The summed E-state index contributed by atoms with van der Waals surface area (Å²) in [5.74, 6) is -0.501. The maximum absolute atomic E-state index is 12.6. The molecule has 1 amide bonds. The molecule has 1 saturated heterocycles. The molecule has 130 valence electrons. The van der Waals surface area contributed by atoms with E-state index in [4.69, 9.17) is 4.74 Å². The highest BCUT2D eigenvalue weighted by molar-refractivity contribution is 5.91. The van der Waals surface area contributed by atoms with Crippen LogP contribution in [0.1, 0.15) is 56.0 Å². The van der Waals surface area contributed by atoms with E-state index >= 15 is 0 Å². The van der Waals surface area contributed by atoms with Gasteiger partial charge in [0.15, 0.2) is 6.61 Å². The number of esters is 1. The summed E-state index contributed by atoms with van der Waals surface area (Å²) in [6.45, 7) is 9.41. The lowest BCUT2D eigenvalue weighted by atomic mass is 9.65. The van der Waals surface area contributed by atoms with E-state index in [-0.39, 0.29) is 29.4 Å². The Morgan fingerprint density at radius 1 is 1.17 bits per heavy atom. The van der Waals surface area contributed by atoms with Crippen LogP contribution in [0.3, 0.4) is 0 Å². The highest BCUT2D eigenvalue weighted by atomic mass is 16.5. The van der Waals surface area contributed by atoms with Gasteiger partial charge >= 0.3 is 5.97 Å². The predicted octanol–water partition coefficient (Wildman–Crippen LogP) is 3.58. The Balaban J connectivity index is 1.60. The molecule has 2 aliphatic rings. The van der Waals surface area contributed by atoms with Crippen LogP contribution in [0.25, 0.3) is 0 Å². The van der Waals surface area contributed by atoms with Gasteiger partial charge in [-0.05, 0) is 49.1 Å². The number of aryl methyl sites for hydroxylation is 1. The van der Waals surface area contributed by atoms with Crippen LogP contribution in [-0.4, -0.2) is 36.0 Å². The molecule has 0 spiro atoms. The second-order valence-corrected chi connectivity index (χ2v) is 8.68. The molecule has 0 N–H and O–H groups in total. The molecule has 3 rings (SSSR count). The lowest BCUT2D eigenvalue weighted by molar-refractivity contribution is -0.135. The standard InChI is InChI=1S/C20H27NO3/c1-14-5-7-15(8-6-14)18(23)24-11-17(22)21-13-20(4)10-16(21)9-19(2,3)12-20/h5-8,16H,9-13H2,1-4H3/t16-,20-/m0/s1. The zero-order chi connectivity index (χ0) is 17.5. The van der Waals surface area contributed by atoms with Gasteiger partial charge in [-0.3, -0.25) is 4.79 Å². The second-order valence-electron chi connectivity index (χ2n) is 8.68. The molecule has 1 aromatic carbocycles. The molecule has 24 heavy (non-hydrogen) atoms. The van der Waals surface area contributed by atoms with Crippen LogP contribution in [0.2, 0.25) is 0 Å². The van der Waals surface area contributed by atoms with Crippen LogP contribution in [0, 0.1) is 17.8 Å². The molecule has 0 radical (unpaired) electrons. The Morgan fingerprint density at radius 3 is 2.50 bits per heavy atom. The van der Waals surface area contributed by atoms with Crippen molar-refractivity contribution in [2.75, 3.05) is 13.2 Å². The van der Waals surface area contributed by atoms with Crippen LogP contribution in [-0.2, 0) is 9.53 Å². The Morgan fingerprint density at radius 2 is 1.83 bits per heavy atom. The molecular formula is C20H27NO3. The van der Waals surface area contributed by atoms with Crippen molar-refractivity contribution in [1.82, 2.24) is 4.90 Å². The topological polar surface area (TPSA) is 46.6 Å². The summed E-state index contributed by atoms with van der Waals surface area (Å²) in [5, 5.41) is 0. The van der Waals surface area contributed by atoms with E-state index < -0.39 is 5.97 Å². The maximum Gasteiger partial charge on any atom is 0.338 e.